The van der Waals surface area contributed by atoms with Crippen molar-refractivity contribution in [2.45, 2.75) is 0 Å². The minimum Gasteiger partial charge on any atom is -0.256 e. The summed E-state index contributed by atoms with van der Waals surface area (Å²) in [6, 6.07) is 20.6. The number of hydrogen-bond acceptors (Lipinski definition) is 2. The molecular weight excluding hydrogens is 268 g/mol. The zero-order chi connectivity index (χ0) is 14.8. The molecule has 0 spiro atoms. The first-order valence-electron chi connectivity index (χ1n) is 7.26. The topological polar surface area (TPSA) is 25.8 Å². The number of pyridine rings is 2. The van der Waals surface area contributed by atoms with Gasteiger partial charge in [-0.05, 0) is 35.4 Å². The van der Waals surface area contributed by atoms with Crippen molar-refractivity contribution in [1.29, 1.82) is 0 Å². The fraction of sp³-hybridized carbons (Fsp3) is 0. The molecule has 0 aliphatic rings. The molecule has 0 amide bonds. The van der Waals surface area contributed by atoms with E-state index in [1.54, 1.807) is 0 Å². The maximum Gasteiger partial charge on any atom is 0.0702 e. The molecule has 104 valence electrons. The van der Waals surface area contributed by atoms with E-state index in [9.17, 15) is 0 Å². The molecule has 0 saturated carbocycles. The molecule has 0 bridgehead atoms. The molecule has 4 aromatic rings. The van der Waals surface area contributed by atoms with Crippen LogP contribution in [0.5, 0.6) is 0 Å². The molecule has 0 aliphatic carbocycles. The van der Waals surface area contributed by atoms with Crippen LogP contribution in [0.1, 0.15) is 11.1 Å². The van der Waals surface area contributed by atoms with Gasteiger partial charge in [-0.2, -0.15) is 0 Å². The Kier molecular flexibility index (Phi) is 3.13. The number of benzene rings is 2. The van der Waals surface area contributed by atoms with E-state index in [1.807, 2.05) is 48.8 Å². The van der Waals surface area contributed by atoms with Crippen LogP contribution in [0.3, 0.4) is 0 Å². The summed E-state index contributed by atoms with van der Waals surface area (Å²) in [5.41, 5.74) is 4.22. The molecule has 0 saturated heterocycles. The molecule has 22 heavy (non-hydrogen) atoms. The largest absolute Gasteiger partial charge is 0.256 e. The van der Waals surface area contributed by atoms with E-state index >= 15 is 0 Å². The standard InChI is InChI=1S/C20H14N2/c1-3-7-19-17(5-1)11-15(13-21-19)9-10-16-12-18-6-2-4-8-20(18)22-14-16/h1-14H/b10-9-. The van der Waals surface area contributed by atoms with Gasteiger partial charge in [0.25, 0.3) is 0 Å². The maximum absolute atomic E-state index is 4.48. The molecule has 0 fully saturated rings. The van der Waals surface area contributed by atoms with Crippen LogP contribution in [0.2, 0.25) is 0 Å². The Hall–Kier alpha value is -3.00. The predicted molar refractivity (Wildman–Crippen MR) is 92.4 cm³/mol. The molecule has 0 atom stereocenters. The Bertz CT molecular complexity index is 905. The van der Waals surface area contributed by atoms with Gasteiger partial charge in [0.2, 0.25) is 0 Å². The number of para-hydroxylation sites is 2. The molecule has 0 radical (unpaired) electrons. The zero-order valence-corrected chi connectivity index (χ0v) is 12.0. The summed E-state index contributed by atoms with van der Waals surface area (Å²) in [6.07, 6.45) is 7.94. The third-order valence-corrected chi connectivity index (χ3v) is 3.69. The summed E-state index contributed by atoms with van der Waals surface area (Å²) >= 11 is 0. The second kappa shape index (κ2) is 5.41. The lowest BCUT2D eigenvalue weighted by Crippen LogP contribution is -1.82. The fourth-order valence-electron chi connectivity index (χ4n) is 2.55. The quantitative estimate of drug-likeness (QED) is 0.519. The van der Waals surface area contributed by atoms with Crippen LogP contribution < -0.4 is 0 Å². The van der Waals surface area contributed by atoms with Gasteiger partial charge in [0.05, 0.1) is 11.0 Å². The first-order valence-corrected chi connectivity index (χ1v) is 7.26. The first-order chi connectivity index (χ1) is 10.9. The number of aromatic nitrogens is 2. The van der Waals surface area contributed by atoms with Gasteiger partial charge in [-0.25, -0.2) is 0 Å². The average molecular weight is 282 g/mol. The normalized spacial score (nSPS) is 11.5. The van der Waals surface area contributed by atoms with Crippen molar-refractivity contribution in [3.63, 3.8) is 0 Å². The third kappa shape index (κ3) is 2.47. The Morgan fingerprint density at radius 3 is 1.55 bits per heavy atom. The van der Waals surface area contributed by atoms with E-state index in [1.165, 1.54) is 0 Å². The maximum atomic E-state index is 4.48. The Labute approximate surface area is 128 Å². The van der Waals surface area contributed by atoms with Crippen LogP contribution in [0.4, 0.5) is 0 Å². The number of fused-ring (bicyclic) bond motifs is 2. The Balaban J connectivity index is 1.68. The average Bonchev–Trinajstić information content (AvgIpc) is 2.59. The monoisotopic (exact) mass is 282 g/mol. The highest BCUT2D eigenvalue weighted by molar-refractivity contribution is 5.84. The number of hydrogen-bond donors (Lipinski definition) is 0. The molecule has 2 aromatic heterocycles. The molecular formula is C20H14N2. The van der Waals surface area contributed by atoms with Crippen molar-refractivity contribution in [1.82, 2.24) is 9.97 Å². The first kappa shape index (κ1) is 12.7. The van der Waals surface area contributed by atoms with Crippen molar-refractivity contribution < 1.29 is 0 Å². The van der Waals surface area contributed by atoms with Crippen molar-refractivity contribution in [2.75, 3.05) is 0 Å². The predicted octanol–water partition coefficient (Wildman–Crippen LogP) is 4.95. The summed E-state index contributed by atoms with van der Waals surface area (Å²) in [5.74, 6) is 0. The molecule has 2 heteroatoms. The second-order valence-corrected chi connectivity index (χ2v) is 5.26. The van der Waals surface area contributed by atoms with Crippen LogP contribution in [0, 0.1) is 0 Å². The van der Waals surface area contributed by atoms with Gasteiger partial charge in [0.1, 0.15) is 0 Å². The van der Waals surface area contributed by atoms with E-state index in [4.69, 9.17) is 0 Å². The van der Waals surface area contributed by atoms with Gasteiger partial charge in [-0.3, -0.25) is 9.97 Å². The number of nitrogens with zero attached hydrogens (tertiary/aromatic N) is 2. The van der Waals surface area contributed by atoms with Crippen LogP contribution in [-0.2, 0) is 0 Å². The molecule has 2 aromatic carbocycles. The highest BCUT2D eigenvalue weighted by atomic mass is 14.7. The van der Waals surface area contributed by atoms with Crippen molar-refractivity contribution in [2.24, 2.45) is 0 Å². The fourth-order valence-corrected chi connectivity index (χ4v) is 2.55. The van der Waals surface area contributed by atoms with E-state index in [0.717, 1.165) is 32.9 Å². The Morgan fingerprint density at radius 1 is 0.591 bits per heavy atom. The molecule has 2 nitrogen and oxygen atoms in total. The van der Waals surface area contributed by atoms with Crippen LogP contribution in [0.25, 0.3) is 34.0 Å². The minimum absolute atomic E-state index is 1.02. The molecule has 0 N–H and O–H groups in total. The van der Waals surface area contributed by atoms with Crippen LogP contribution in [-0.4, -0.2) is 9.97 Å². The molecule has 0 aliphatic heterocycles. The highest BCUT2D eigenvalue weighted by Crippen LogP contribution is 2.17. The van der Waals surface area contributed by atoms with Crippen LogP contribution >= 0.6 is 0 Å². The van der Waals surface area contributed by atoms with Gasteiger partial charge in [-0.1, -0.05) is 48.6 Å². The minimum atomic E-state index is 1.02. The van der Waals surface area contributed by atoms with E-state index in [0.29, 0.717) is 0 Å². The summed E-state index contributed by atoms with van der Waals surface area (Å²) in [4.78, 5) is 8.95. The number of rotatable bonds is 2. The highest BCUT2D eigenvalue weighted by Gasteiger charge is 1.96. The third-order valence-electron chi connectivity index (χ3n) is 3.69. The summed E-state index contributed by atoms with van der Waals surface area (Å²) in [6.45, 7) is 0. The van der Waals surface area contributed by atoms with Crippen molar-refractivity contribution in [3.8, 4) is 0 Å². The van der Waals surface area contributed by atoms with Gasteiger partial charge < -0.3 is 0 Å². The summed E-state index contributed by atoms with van der Waals surface area (Å²) in [5, 5.41) is 2.31. The summed E-state index contributed by atoms with van der Waals surface area (Å²) < 4.78 is 0. The second-order valence-electron chi connectivity index (χ2n) is 5.26. The summed E-state index contributed by atoms with van der Waals surface area (Å²) in [7, 11) is 0. The van der Waals surface area contributed by atoms with Gasteiger partial charge in [0.15, 0.2) is 0 Å². The van der Waals surface area contributed by atoms with Gasteiger partial charge in [-0.15, -0.1) is 0 Å². The SMILES string of the molecule is C(=C/c1cnc2ccccc2c1)/c1cnc2ccccc2c1. The van der Waals surface area contributed by atoms with Gasteiger partial charge >= 0.3 is 0 Å². The van der Waals surface area contributed by atoms with Crippen LogP contribution in [0.15, 0.2) is 73.1 Å². The lowest BCUT2D eigenvalue weighted by molar-refractivity contribution is 1.39. The Morgan fingerprint density at radius 2 is 1.05 bits per heavy atom. The van der Waals surface area contributed by atoms with E-state index < -0.39 is 0 Å². The van der Waals surface area contributed by atoms with Crippen molar-refractivity contribution in [3.05, 3.63) is 84.2 Å². The smallest absolute Gasteiger partial charge is 0.0702 e. The van der Waals surface area contributed by atoms with E-state index in [-0.39, 0.29) is 0 Å². The lowest BCUT2D eigenvalue weighted by Gasteiger charge is -2.00. The lowest BCUT2D eigenvalue weighted by atomic mass is 10.1. The molecule has 2 heterocycles. The zero-order valence-electron chi connectivity index (χ0n) is 12.0. The molecule has 4 rings (SSSR count). The van der Waals surface area contributed by atoms with E-state index in [2.05, 4.69) is 46.4 Å². The molecule has 0 unspecified atom stereocenters. The van der Waals surface area contributed by atoms with Gasteiger partial charge in [0, 0.05) is 23.2 Å². The van der Waals surface area contributed by atoms with Crippen molar-refractivity contribution >= 4 is 34.0 Å².